The quantitative estimate of drug-likeness (QED) is 0.702. The standard InChI is InChI=1S/C22H26N6O/c1-12-9-27(4)11-20(12)28-10-16-7-17-19(8-18(16)24-22(28)29)25-26-21(17)15-5-13(2)23-14(3)6-15/h5-8,12,20H,9-11H2,1-4H3,(H,24,29)(H,25,26). The highest BCUT2D eigenvalue weighted by Crippen LogP contribution is 2.35. The van der Waals surface area contributed by atoms with E-state index in [9.17, 15) is 4.79 Å². The van der Waals surface area contributed by atoms with Crippen molar-refractivity contribution in [3.8, 4) is 11.3 Å². The van der Waals surface area contributed by atoms with Crippen LogP contribution in [0.4, 0.5) is 10.5 Å². The van der Waals surface area contributed by atoms with Crippen molar-refractivity contribution in [2.75, 3.05) is 25.5 Å². The molecule has 1 fully saturated rings. The zero-order valence-corrected chi connectivity index (χ0v) is 17.3. The highest BCUT2D eigenvalue weighted by Gasteiger charge is 2.37. The van der Waals surface area contributed by atoms with Gasteiger partial charge in [-0.25, -0.2) is 4.79 Å². The summed E-state index contributed by atoms with van der Waals surface area (Å²) in [5.41, 5.74) is 6.86. The zero-order chi connectivity index (χ0) is 20.3. The van der Waals surface area contributed by atoms with Crippen molar-refractivity contribution in [1.82, 2.24) is 25.0 Å². The van der Waals surface area contributed by atoms with Crippen molar-refractivity contribution >= 4 is 22.6 Å². The molecule has 0 radical (unpaired) electrons. The Balaban J connectivity index is 1.55. The fraction of sp³-hybridized carbons (Fsp3) is 0.409. The van der Waals surface area contributed by atoms with E-state index in [0.717, 1.165) is 57.9 Å². The smallest absolute Gasteiger partial charge is 0.316 e. The third-order valence-corrected chi connectivity index (χ3v) is 6.14. The molecule has 29 heavy (non-hydrogen) atoms. The number of amides is 2. The van der Waals surface area contributed by atoms with Gasteiger partial charge in [0.15, 0.2) is 0 Å². The molecular weight excluding hydrogens is 364 g/mol. The predicted octanol–water partition coefficient (Wildman–Crippen LogP) is 3.54. The van der Waals surface area contributed by atoms with Gasteiger partial charge >= 0.3 is 6.03 Å². The van der Waals surface area contributed by atoms with E-state index in [2.05, 4.69) is 57.6 Å². The lowest BCUT2D eigenvalue weighted by molar-refractivity contribution is 0.170. The van der Waals surface area contributed by atoms with Crippen molar-refractivity contribution < 1.29 is 4.79 Å². The maximum atomic E-state index is 12.8. The Kier molecular flexibility index (Phi) is 4.10. The van der Waals surface area contributed by atoms with Gasteiger partial charge in [-0.05, 0) is 56.6 Å². The Morgan fingerprint density at radius 3 is 2.55 bits per heavy atom. The molecule has 0 saturated carbocycles. The number of pyridine rings is 1. The first-order chi connectivity index (χ1) is 13.9. The SMILES string of the molecule is Cc1cc(-c2n[nH]c3cc4c(cc23)CN(C2CN(C)CC2C)C(=O)N4)cc(C)n1. The van der Waals surface area contributed by atoms with Crippen molar-refractivity contribution in [1.29, 1.82) is 0 Å². The van der Waals surface area contributed by atoms with Crippen LogP contribution < -0.4 is 5.32 Å². The van der Waals surface area contributed by atoms with Gasteiger partial charge in [0.1, 0.15) is 5.69 Å². The molecule has 7 nitrogen and oxygen atoms in total. The second-order valence-electron chi connectivity index (χ2n) is 8.59. The molecule has 0 spiro atoms. The number of hydrogen-bond acceptors (Lipinski definition) is 4. The predicted molar refractivity (Wildman–Crippen MR) is 114 cm³/mol. The molecule has 2 unspecified atom stereocenters. The zero-order valence-electron chi connectivity index (χ0n) is 17.3. The first-order valence-electron chi connectivity index (χ1n) is 10.1. The average Bonchev–Trinajstić information content (AvgIpc) is 3.20. The first-order valence-corrected chi connectivity index (χ1v) is 10.1. The van der Waals surface area contributed by atoms with Crippen molar-refractivity contribution in [3.05, 3.63) is 41.2 Å². The van der Waals surface area contributed by atoms with Gasteiger partial charge in [0.2, 0.25) is 0 Å². The maximum absolute atomic E-state index is 12.8. The first kappa shape index (κ1) is 18.1. The van der Waals surface area contributed by atoms with E-state index in [0.29, 0.717) is 12.5 Å². The number of hydrogen-bond donors (Lipinski definition) is 2. The number of aromatic amines is 1. The Bertz CT molecular complexity index is 1100. The minimum atomic E-state index is -0.0101. The third-order valence-electron chi connectivity index (χ3n) is 6.14. The summed E-state index contributed by atoms with van der Waals surface area (Å²) in [4.78, 5) is 21.6. The number of carbonyl (C=O) groups is 1. The number of benzene rings is 1. The molecule has 2 N–H and O–H groups in total. The topological polar surface area (TPSA) is 77.2 Å². The summed E-state index contributed by atoms with van der Waals surface area (Å²) in [6, 6.07) is 8.52. The summed E-state index contributed by atoms with van der Waals surface area (Å²) in [5.74, 6) is 0.461. The van der Waals surface area contributed by atoms with Crippen LogP contribution in [0.5, 0.6) is 0 Å². The van der Waals surface area contributed by atoms with Gasteiger partial charge < -0.3 is 15.1 Å². The van der Waals surface area contributed by atoms with Crippen LogP contribution in [0.25, 0.3) is 22.2 Å². The average molecular weight is 390 g/mol. The van der Waals surface area contributed by atoms with Crippen molar-refractivity contribution in [3.63, 3.8) is 0 Å². The highest BCUT2D eigenvalue weighted by atomic mass is 16.2. The molecule has 4 heterocycles. The molecule has 2 aromatic heterocycles. The van der Waals surface area contributed by atoms with E-state index in [1.54, 1.807) is 0 Å². The number of likely N-dealkylation sites (N-methyl/N-ethyl adjacent to an activating group) is 1. The number of H-pyrrole nitrogens is 1. The van der Waals surface area contributed by atoms with Crippen LogP contribution in [0.2, 0.25) is 0 Å². The summed E-state index contributed by atoms with van der Waals surface area (Å²) < 4.78 is 0. The number of aryl methyl sites for hydroxylation is 2. The lowest BCUT2D eigenvalue weighted by Gasteiger charge is -2.35. The number of likely N-dealkylation sites (tertiary alicyclic amines) is 1. The molecule has 1 aromatic carbocycles. The van der Waals surface area contributed by atoms with Crippen molar-refractivity contribution in [2.45, 2.75) is 33.4 Å². The lowest BCUT2D eigenvalue weighted by atomic mass is 10.00. The maximum Gasteiger partial charge on any atom is 0.322 e. The summed E-state index contributed by atoms with van der Waals surface area (Å²) >= 11 is 0. The monoisotopic (exact) mass is 390 g/mol. The fourth-order valence-corrected chi connectivity index (χ4v) is 4.85. The van der Waals surface area contributed by atoms with Gasteiger partial charge in [-0.1, -0.05) is 6.92 Å². The Morgan fingerprint density at radius 2 is 1.86 bits per heavy atom. The van der Waals surface area contributed by atoms with Crippen LogP contribution in [0.3, 0.4) is 0 Å². The lowest BCUT2D eigenvalue weighted by Crippen LogP contribution is -2.48. The van der Waals surface area contributed by atoms with E-state index >= 15 is 0 Å². The Morgan fingerprint density at radius 1 is 1.10 bits per heavy atom. The van der Waals surface area contributed by atoms with Gasteiger partial charge in [0.05, 0.1) is 11.6 Å². The van der Waals surface area contributed by atoms with Crippen LogP contribution in [0.1, 0.15) is 23.9 Å². The largest absolute Gasteiger partial charge is 0.322 e. The minimum Gasteiger partial charge on any atom is -0.316 e. The highest BCUT2D eigenvalue weighted by molar-refractivity contribution is 6.00. The summed E-state index contributed by atoms with van der Waals surface area (Å²) in [6.07, 6.45) is 0. The van der Waals surface area contributed by atoms with E-state index in [1.807, 2.05) is 24.8 Å². The normalized spacial score (nSPS) is 22.2. The van der Waals surface area contributed by atoms with Crippen LogP contribution in [0.15, 0.2) is 24.3 Å². The van der Waals surface area contributed by atoms with E-state index < -0.39 is 0 Å². The number of urea groups is 1. The minimum absolute atomic E-state index is 0.0101. The Hall–Kier alpha value is -2.93. The number of nitrogens with one attached hydrogen (secondary N) is 2. The summed E-state index contributed by atoms with van der Waals surface area (Å²) in [5, 5.41) is 11.9. The third kappa shape index (κ3) is 3.06. The van der Waals surface area contributed by atoms with Crippen LogP contribution in [-0.4, -0.2) is 57.2 Å². The van der Waals surface area contributed by atoms with Crippen LogP contribution >= 0.6 is 0 Å². The van der Waals surface area contributed by atoms with E-state index in [-0.39, 0.29) is 12.1 Å². The van der Waals surface area contributed by atoms with Crippen molar-refractivity contribution in [2.24, 2.45) is 5.92 Å². The molecule has 2 aliphatic heterocycles. The molecule has 1 saturated heterocycles. The molecule has 5 rings (SSSR count). The number of nitrogens with zero attached hydrogens (tertiary/aromatic N) is 4. The van der Waals surface area contributed by atoms with Crippen LogP contribution in [-0.2, 0) is 6.54 Å². The molecule has 2 aliphatic rings. The molecule has 0 aliphatic carbocycles. The second-order valence-corrected chi connectivity index (χ2v) is 8.59. The van der Waals surface area contributed by atoms with Gasteiger partial charge in [0, 0.05) is 47.7 Å². The second kappa shape index (κ2) is 6.56. The van der Waals surface area contributed by atoms with E-state index in [4.69, 9.17) is 0 Å². The number of aromatic nitrogens is 3. The van der Waals surface area contributed by atoms with Gasteiger partial charge in [-0.15, -0.1) is 0 Å². The molecule has 2 amide bonds. The number of rotatable bonds is 2. The summed E-state index contributed by atoms with van der Waals surface area (Å²) in [6.45, 7) is 8.79. The summed E-state index contributed by atoms with van der Waals surface area (Å²) in [7, 11) is 2.12. The molecule has 7 heteroatoms. The molecule has 3 aromatic rings. The number of carbonyl (C=O) groups excluding carboxylic acids is 1. The molecule has 150 valence electrons. The number of fused-ring (bicyclic) bond motifs is 2. The van der Waals surface area contributed by atoms with E-state index in [1.165, 1.54) is 0 Å². The fourth-order valence-electron chi connectivity index (χ4n) is 4.85. The Labute approximate surface area is 170 Å². The van der Waals surface area contributed by atoms with Crippen LogP contribution in [0, 0.1) is 19.8 Å². The molecular formula is C22H26N6O. The number of anilines is 1. The molecule has 2 atom stereocenters. The molecule has 0 bridgehead atoms. The van der Waals surface area contributed by atoms with Gasteiger partial charge in [-0.3, -0.25) is 10.1 Å². The van der Waals surface area contributed by atoms with Gasteiger partial charge in [-0.2, -0.15) is 5.10 Å². The van der Waals surface area contributed by atoms with Gasteiger partial charge in [0.25, 0.3) is 0 Å².